The van der Waals surface area contributed by atoms with E-state index in [0.29, 0.717) is 18.4 Å². The molecular weight excluding hydrogens is 475 g/mol. The molecule has 3 rings (SSSR count). The third kappa shape index (κ3) is 7.90. The quantitative estimate of drug-likeness (QED) is 0.197. The Morgan fingerprint density at radius 1 is 0.757 bits per heavy atom. The van der Waals surface area contributed by atoms with Crippen molar-refractivity contribution in [2.75, 3.05) is 6.61 Å². The summed E-state index contributed by atoms with van der Waals surface area (Å²) in [5.74, 6) is 1.05. The van der Waals surface area contributed by atoms with E-state index in [1.165, 1.54) is 52.3 Å². The average Bonchev–Trinajstić information content (AvgIpc) is 3.06. The van der Waals surface area contributed by atoms with E-state index < -0.39 is 8.24 Å². The van der Waals surface area contributed by atoms with Crippen LogP contribution in [0.5, 0.6) is 0 Å². The van der Waals surface area contributed by atoms with Crippen LogP contribution < -0.4 is 4.52 Å². The molecule has 4 heteroatoms. The van der Waals surface area contributed by atoms with Gasteiger partial charge in [0.15, 0.2) is 0 Å². The van der Waals surface area contributed by atoms with E-state index in [1.807, 2.05) is 0 Å². The van der Waals surface area contributed by atoms with Crippen molar-refractivity contribution < 1.29 is 12.9 Å². The van der Waals surface area contributed by atoms with Gasteiger partial charge in [0.1, 0.15) is 11.2 Å². The van der Waals surface area contributed by atoms with Gasteiger partial charge in [-0.15, -0.1) is 0 Å². The Hall–Kier alpha value is -1.70. The molecule has 3 aromatic rings. The van der Waals surface area contributed by atoms with Gasteiger partial charge in [0.2, 0.25) is 0 Å². The highest BCUT2D eigenvalue weighted by atomic mass is 31.1. The van der Waals surface area contributed by atoms with Crippen LogP contribution in [0.2, 0.25) is 0 Å². The Morgan fingerprint density at radius 3 is 1.92 bits per heavy atom. The van der Waals surface area contributed by atoms with Crippen molar-refractivity contribution in [3.8, 4) is 0 Å². The molecule has 0 saturated heterocycles. The minimum absolute atomic E-state index is 0.504. The van der Waals surface area contributed by atoms with Gasteiger partial charge in [-0.1, -0.05) is 85.8 Å². The van der Waals surface area contributed by atoms with Crippen LogP contribution >= 0.6 is 8.24 Å². The largest absolute Gasteiger partial charge is 0.399 e. The molecule has 3 nitrogen and oxygen atoms in total. The lowest BCUT2D eigenvalue weighted by Crippen LogP contribution is -2.09. The second-order valence-corrected chi connectivity index (χ2v) is 12.1. The molecule has 0 N–H and O–H groups in total. The standard InChI is InChI=1S/C33H51O3P/c1-8-13-16-26(12-5)23-34-37-35-32-27(17-14-9-2)19-24(6)20-30(32)31-22-29(25(7)11-4)21-28(18-15-10-3)33(31)36-37/h19-22,25-26H,8-18,23H2,1-7H3. The molecule has 1 heterocycles. The first-order valence-corrected chi connectivity index (χ1v) is 16.1. The molecule has 0 radical (unpaired) electrons. The van der Waals surface area contributed by atoms with Gasteiger partial charge in [-0.05, 0) is 91.7 Å². The second-order valence-electron chi connectivity index (χ2n) is 11.0. The fourth-order valence-electron chi connectivity index (χ4n) is 5.09. The summed E-state index contributed by atoms with van der Waals surface area (Å²) in [6.07, 6.45) is 12.6. The summed E-state index contributed by atoms with van der Waals surface area (Å²) in [7, 11) is -1.53. The van der Waals surface area contributed by atoms with Crippen LogP contribution in [0.25, 0.3) is 21.9 Å². The average molecular weight is 527 g/mol. The Labute approximate surface area is 227 Å². The van der Waals surface area contributed by atoms with Gasteiger partial charge in [0.25, 0.3) is 0 Å². The zero-order chi connectivity index (χ0) is 26.8. The maximum atomic E-state index is 6.76. The van der Waals surface area contributed by atoms with E-state index in [1.54, 1.807) is 0 Å². The molecule has 0 fully saturated rings. The Bertz CT molecular complexity index is 1160. The normalized spacial score (nSPS) is 13.9. The van der Waals surface area contributed by atoms with Crippen molar-refractivity contribution in [1.82, 2.24) is 0 Å². The van der Waals surface area contributed by atoms with E-state index >= 15 is 0 Å². The van der Waals surface area contributed by atoms with Crippen LogP contribution in [-0.4, -0.2) is 6.61 Å². The molecule has 0 aliphatic heterocycles. The van der Waals surface area contributed by atoms with E-state index in [9.17, 15) is 0 Å². The maximum absolute atomic E-state index is 6.76. The number of rotatable bonds is 15. The van der Waals surface area contributed by atoms with Gasteiger partial charge >= 0.3 is 8.24 Å². The van der Waals surface area contributed by atoms with Crippen LogP contribution in [0.1, 0.15) is 128 Å². The molecule has 3 unspecified atom stereocenters. The summed E-state index contributed by atoms with van der Waals surface area (Å²) >= 11 is 0. The highest BCUT2D eigenvalue weighted by Gasteiger charge is 2.18. The van der Waals surface area contributed by atoms with E-state index in [0.717, 1.165) is 62.5 Å². The summed E-state index contributed by atoms with van der Waals surface area (Å²) < 4.78 is 20.0. The molecule has 3 atom stereocenters. The third-order valence-corrected chi connectivity index (χ3v) is 8.88. The molecular formula is C33H51O3P. The molecule has 0 spiro atoms. The number of hydrogen-bond donors (Lipinski definition) is 0. The fourth-order valence-corrected chi connectivity index (χ4v) is 6.29. The number of benzene rings is 2. The van der Waals surface area contributed by atoms with E-state index in [-0.39, 0.29) is 0 Å². The Balaban J connectivity index is 2.30. The molecule has 1 aromatic heterocycles. The SMILES string of the molecule is CCCCc1cc(C)cc2c1op(OCC(CC)CCCC)oc1c(CCCC)cc(C(C)CC)cc12. The summed E-state index contributed by atoms with van der Waals surface area (Å²) in [6.45, 7) is 16.5. The minimum Gasteiger partial charge on any atom is -0.399 e. The van der Waals surface area contributed by atoms with Gasteiger partial charge in [-0.2, -0.15) is 0 Å². The van der Waals surface area contributed by atoms with Crippen molar-refractivity contribution in [3.63, 3.8) is 0 Å². The van der Waals surface area contributed by atoms with E-state index in [2.05, 4.69) is 72.7 Å². The van der Waals surface area contributed by atoms with Crippen molar-refractivity contribution in [1.29, 1.82) is 0 Å². The first-order valence-electron chi connectivity index (χ1n) is 15.0. The van der Waals surface area contributed by atoms with Crippen LogP contribution in [0, 0.1) is 12.8 Å². The highest BCUT2D eigenvalue weighted by molar-refractivity contribution is 7.31. The van der Waals surface area contributed by atoms with Crippen LogP contribution in [0.3, 0.4) is 0 Å². The molecule has 0 bridgehead atoms. The second kappa shape index (κ2) is 15.0. The number of hydrogen-bond acceptors (Lipinski definition) is 3. The van der Waals surface area contributed by atoms with Gasteiger partial charge in [0, 0.05) is 10.8 Å². The van der Waals surface area contributed by atoms with Crippen LogP contribution in [-0.2, 0) is 12.8 Å². The lowest BCUT2D eigenvalue weighted by molar-refractivity contribution is 0.276. The molecule has 0 amide bonds. The van der Waals surface area contributed by atoms with Gasteiger partial charge in [-0.25, -0.2) is 0 Å². The zero-order valence-electron chi connectivity index (χ0n) is 24.6. The lowest BCUT2D eigenvalue weighted by Gasteiger charge is -2.14. The van der Waals surface area contributed by atoms with Crippen molar-refractivity contribution in [3.05, 3.63) is 46.5 Å². The molecule has 37 heavy (non-hydrogen) atoms. The summed E-state index contributed by atoms with van der Waals surface area (Å²) in [5.41, 5.74) is 7.23. The summed E-state index contributed by atoms with van der Waals surface area (Å²) in [6, 6.07) is 9.37. The Morgan fingerprint density at radius 2 is 1.35 bits per heavy atom. The van der Waals surface area contributed by atoms with Gasteiger partial charge in [0.05, 0.1) is 6.61 Å². The van der Waals surface area contributed by atoms with Crippen LogP contribution in [0.15, 0.2) is 32.7 Å². The number of aryl methyl sites for hydroxylation is 3. The molecule has 2 aromatic carbocycles. The van der Waals surface area contributed by atoms with E-state index in [4.69, 9.17) is 12.9 Å². The lowest BCUT2D eigenvalue weighted by atomic mass is 9.92. The fraction of sp³-hybridized carbons (Fsp3) is 0.636. The topological polar surface area (TPSA) is 35.5 Å². The number of unbranched alkanes of at least 4 members (excludes halogenated alkanes) is 3. The van der Waals surface area contributed by atoms with Gasteiger partial charge < -0.3 is 8.39 Å². The highest BCUT2D eigenvalue weighted by Crippen LogP contribution is 2.40. The van der Waals surface area contributed by atoms with Crippen molar-refractivity contribution in [2.24, 2.45) is 5.92 Å². The molecule has 0 aliphatic rings. The van der Waals surface area contributed by atoms with Crippen molar-refractivity contribution in [2.45, 2.75) is 125 Å². The monoisotopic (exact) mass is 526 g/mol. The zero-order valence-corrected chi connectivity index (χ0v) is 25.5. The smallest absolute Gasteiger partial charge is 0.387 e. The predicted molar refractivity (Wildman–Crippen MR) is 162 cm³/mol. The first kappa shape index (κ1) is 29.9. The maximum Gasteiger partial charge on any atom is 0.387 e. The molecule has 0 aliphatic carbocycles. The third-order valence-electron chi connectivity index (χ3n) is 7.86. The minimum atomic E-state index is -1.53. The van der Waals surface area contributed by atoms with Gasteiger partial charge in [-0.3, -0.25) is 4.52 Å². The number of fused-ring (bicyclic) bond motifs is 3. The van der Waals surface area contributed by atoms with Crippen LogP contribution in [0.4, 0.5) is 0 Å². The predicted octanol–water partition coefficient (Wildman–Crippen LogP) is 11.4. The summed E-state index contributed by atoms with van der Waals surface area (Å²) in [4.78, 5) is 0. The first-order chi connectivity index (χ1) is 17.9. The summed E-state index contributed by atoms with van der Waals surface area (Å²) in [5, 5.41) is 2.36. The molecule has 0 saturated carbocycles. The Kier molecular flexibility index (Phi) is 12.1. The molecule has 206 valence electrons. The van der Waals surface area contributed by atoms with Crippen molar-refractivity contribution >= 4 is 30.2 Å².